The number of benzene rings is 1. The quantitative estimate of drug-likeness (QED) is 0.644. The van der Waals surface area contributed by atoms with Gasteiger partial charge in [0.25, 0.3) is 0 Å². The lowest BCUT2D eigenvalue weighted by molar-refractivity contribution is 0.723. The monoisotopic (exact) mass is 289 g/mol. The van der Waals surface area contributed by atoms with Gasteiger partial charge in [0.05, 0.1) is 23.7 Å². The number of nitrogens with zero attached hydrogens (tertiary/aromatic N) is 3. The highest BCUT2D eigenvalue weighted by atomic mass is 14.9. The predicted molar refractivity (Wildman–Crippen MR) is 87.6 cm³/mol. The second-order valence-electron chi connectivity index (χ2n) is 5.48. The molecule has 0 aliphatic rings. The van der Waals surface area contributed by atoms with Gasteiger partial charge in [-0.2, -0.15) is 5.26 Å². The lowest BCUT2D eigenvalue weighted by Gasteiger charge is -2.05. The molecular formula is C19H19N3. The van der Waals surface area contributed by atoms with Gasteiger partial charge in [-0.1, -0.05) is 30.3 Å². The molecule has 110 valence electrons. The van der Waals surface area contributed by atoms with Crippen LogP contribution < -0.4 is 0 Å². The Morgan fingerprint density at radius 1 is 1.00 bits per heavy atom. The molecule has 0 N–H and O–H groups in total. The van der Waals surface area contributed by atoms with Crippen LogP contribution in [0.3, 0.4) is 0 Å². The molecule has 0 unspecified atom stereocenters. The summed E-state index contributed by atoms with van der Waals surface area (Å²) in [6.45, 7) is 0. The zero-order chi connectivity index (χ0) is 15.2. The Morgan fingerprint density at radius 2 is 1.82 bits per heavy atom. The van der Waals surface area contributed by atoms with Crippen LogP contribution >= 0.6 is 0 Å². The molecule has 0 saturated heterocycles. The fourth-order valence-electron chi connectivity index (χ4n) is 2.84. The molecule has 2 aromatic heterocycles. The molecule has 22 heavy (non-hydrogen) atoms. The normalized spacial score (nSPS) is 10.7. The number of aryl methyl sites for hydroxylation is 2. The third kappa shape index (κ3) is 3.17. The van der Waals surface area contributed by atoms with Gasteiger partial charge in [-0.25, -0.2) is 0 Å². The van der Waals surface area contributed by atoms with E-state index >= 15 is 0 Å². The molecule has 0 spiro atoms. The summed E-state index contributed by atoms with van der Waals surface area (Å²) < 4.78 is 2.09. The first-order valence-electron chi connectivity index (χ1n) is 7.73. The van der Waals surface area contributed by atoms with Gasteiger partial charge in [0.2, 0.25) is 0 Å². The van der Waals surface area contributed by atoms with Crippen molar-refractivity contribution in [3.8, 4) is 6.07 Å². The van der Waals surface area contributed by atoms with Crippen molar-refractivity contribution in [3.63, 3.8) is 0 Å². The molecule has 0 aliphatic heterocycles. The van der Waals surface area contributed by atoms with Crippen molar-refractivity contribution in [2.24, 2.45) is 0 Å². The number of hydrogen-bond donors (Lipinski definition) is 0. The van der Waals surface area contributed by atoms with Crippen LogP contribution in [0, 0.1) is 11.3 Å². The van der Waals surface area contributed by atoms with E-state index in [0.29, 0.717) is 6.42 Å². The van der Waals surface area contributed by atoms with Crippen molar-refractivity contribution in [3.05, 3.63) is 71.8 Å². The Balaban J connectivity index is 1.63. The summed E-state index contributed by atoms with van der Waals surface area (Å²) in [5, 5.41) is 8.87. The van der Waals surface area contributed by atoms with Gasteiger partial charge in [-0.3, -0.25) is 4.98 Å². The lowest BCUT2D eigenvalue weighted by Crippen LogP contribution is -1.98. The Morgan fingerprint density at radius 3 is 2.64 bits per heavy atom. The number of rotatable bonds is 6. The molecule has 3 nitrogen and oxygen atoms in total. The maximum absolute atomic E-state index is 8.87. The standard InChI is InChI=1S/C19H19N3/c20-13-12-17-10-11-19-18(21-14-15-22(17)19)9-5-4-8-16-6-2-1-3-7-16/h1-3,6-7,10-11,14-15H,4-5,8-9,12H2. The highest BCUT2D eigenvalue weighted by Gasteiger charge is 2.06. The van der Waals surface area contributed by atoms with Crippen molar-refractivity contribution < 1.29 is 0 Å². The first kappa shape index (κ1) is 14.3. The molecule has 0 fully saturated rings. The molecule has 0 radical (unpaired) electrons. The van der Waals surface area contributed by atoms with Crippen LogP contribution in [0.4, 0.5) is 0 Å². The van der Waals surface area contributed by atoms with E-state index in [-0.39, 0.29) is 0 Å². The Hall–Kier alpha value is -2.60. The molecular weight excluding hydrogens is 270 g/mol. The Kier molecular flexibility index (Phi) is 4.50. The molecule has 3 aromatic rings. The summed E-state index contributed by atoms with van der Waals surface area (Å²) in [6.07, 6.45) is 8.60. The minimum absolute atomic E-state index is 0.436. The van der Waals surface area contributed by atoms with Gasteiger partial charge in [0.1, 0.15) is 0 Å². The molecule has 2 heterocycles. The van der Waals surface area contributed by atoms with E-state index < -0.39 is 0 Å². The summed E-state index contributed by atoms with van der Waals surface area (Å²) in [7, 11) is 0. The molecule has 0 amide bonds. The van der Waals surface area contributed by atoms with E-state index in [9.17, 15) is 0 Å². The summed E-state index contributed by atoms with van der Waals surface area (Å²) in [4.78, 5) is 4.52. The minimum Gasteiger partial charge on any atom is -0.317 e. The molecule has 0 bridgehead atoms. The molecule has 0 aliphatic carbocycles. The van der Waals surface area contributed by atoms with Crippen molar-refractivity contribution in [1.29, 1.82) is 5.26 Å². The molecule has 0 saturated carbocycles. The van der Waals surface area contributed by atoms with Crippen molar-refractivity contribution in [1.82, 2.24) is 9.38 Å². The second kappa shape index (κ2) is 6.91. The van der Waals surface area contributed by atoms with E-state index in [1.165, 1.54) is 12.0 Å². The first-order valence-corrected chi connectivity index (χ1v) is 7.73. The number of aromatic nitrogens is 2. The first-order chi connectivity index (χ1) is 10.9. The van der Waals surface area contributed by atoms with Crippen LogP contribution in [0.15, 0.2) is 54.9 Å². The predicted octanol–water partition coefficient (Wildman–Crippen LogP) is 3.97. The topological polar surface area (TPSA) is 41.1 Å². The average molecular weight is 289 g/mol. The average Bonchev–Trinajstić information content (AvgIpc) is 2.97. The fraction of sp³-hybridized carbons (Fsp3) is 0.263. The van der Waals surface area contributed by atoms with Crippen molar-refractivity contribution in [2.45, 2.75) is 32.1 Å². The Bertz CT molecular complexity index is 781. The highest BCUT2D eigenvalue weighted by Crippen LogP contribution is 2.16. The van der Waals surface area contributed by atoms with Crippen LogP contribution in [-0.2, 0) is 19.3 Å². The van der Waals surface area contributed by atoms with Crippen LogP contribution in [-0.4, -0.2) is 9.38 Å². The molecule has 3 heteroatoms. The van der Waals surface area contributed by atoms with E-state index in [1.807, 2.05) is 18.5 Å². The summed E-state index contributed by atoms with van der Waals surface area (Å²) in [6, 6.07) is 16.9. The van der Waals surface area contributed by atoms with Gasteiger partial charge >= 0.3 is 0 Å². The van der Waals surface area contributed by atoms with Crippen LogP contribution in [0.1, 0.15) is 29.8 Å². The van der Waals surface area contributed by atoms with Gasteiger partial charge in [-0.05, 0) is 43.4 Å². The number of nitriles is 1. The van der Waals surface area contributed by atoms with Gasteiger partial charge in [-0.15, -0.1) is 0 Å². The fourth-order valence-corrected chi connectivity index (χ4v) is 2.84. The van der Waals surface area contributed by atoms with Crippen LogP contribution in [0.25, 0.3) is 5.52 Å². The second-order valence-corrected chi connectivity index (χ2v) is 5.48. The van der Waals surface area contributed by atoms with E-state index in [2.05, 4.69) is 51.9 Å². The zero-order valence-corrected chi connectivity index (χ0v) is 12.6. The third-order valence-electron chi connectivity index (χ3n) is 3.98. The number of unbranched alkanes of at least 4 members (excludes halogenated alkanes) is 1. The zero-order valence-electron chi connectivity index (χ0n) is 12.6. The van der Waals surface area contributed by atoms with Crippen LogP contribution in [0.5, 0.6) is 0 Å². The Labute approximate surface area is 130 Å². The summed E-state index contributed by atoms with van der Waals surface area (Å²) in [5.41, 5.74) is 4.69. The van der Waals surface area contributed by atoms with E-state index in [4.69, 9.17) is 5.26 Å². The molecule has 0 atom stereocenters. The van der Waals surface area contributed by atoms with Crippen molar-refractivity contribution >= 4 is 5.52 Å². The van der Waals surface area contributed by atoms with Gasteiger partial charge < -0.3 is 4.40 Å². The van der Waals surface area contributed by atoms with Gasteiger partial charge in [0, 0.05) is 18.1 Å². The smallest absolute Gasteiger partial charge is 0.0758 e. The van der Waals surface area contributed by atoms with Crippen LogP contribution in [0.2, 0.25) is 0 Å². The molecule has 1 aromatic carbocycles. The summed E-state index contributed by atoms with van der Waals surface area (Å²) in [5.74, 6) is 0. The maximum atomic E-state index is 8.87. The molecule has 3 rings (SSSR count). The van der Waals surface area contributed by atoms with E-state index in [0.717, 1.165) is 36.2 Å². The maximum Gasteiger partial charge on any atom is 0.0758 e. The van der Waals surface area contributed by atoms with Gasteiger partial charge in [0.15, 0.2) is 0 Å². The lowest BCUT2D eigenvalue weighted by atomic mass is 10.1. The summed E-state index contributed by atoms with van der Waals surface area (Å²) >= 11 is 0. The highest BCUT2D eigenvalue weighted by molar-refractivity contribution is 5.54. The van der Waals surface area contributed by atoms with E-state index in [1.54, 1.807) is 0 Å². The SMILES string of the molecule is N#CCc1ccc2c(CCCCc3ccccc3)nccn12. The number of hydrogen-bond acceptors (Lipinski definition) is 2. The largest absolute Gasteiger partial charge is 0.317 e. The minimum atomic E-state index is 0.436. The third-order valence-corrected chi connectivity index (χ3v) is 3.98. The van der Waals surface area contributed by atoms with Crippen molar-refractivity contribution in [2.75, 3.05) is 0 Å². The number of fused-ring (bicyclic) bond motifs is 1.